The van der Waals surface area contributed by atoms with Crippen LogP contribution >= 0.6 is 0 Å². The van der Waals surface area contributed by atoms with Crippen LogP contribution in [0.5, 0.6) is 0 Å². The van der Waals surface area contributed by atoms with E-state index in [0.29, 0.717) is 36.0 Å². The van der Waals surface area contributed by atoms with Gasteiger partial charge in [0.2, 0.25) is 11.9 Å². The number of carboxylic acid groups (broad SMARTS) is 4. The first kappa shape index (κ1) is 48.2. The van der Waals surface area contributed by atoms with E-state index >= 15 is 0 Å². The number of aliphatic carboxylic acids is 4. The fourth-order valence-corrected chi connectivity index (χ4v) is 6.33. The van der Waals surface area contributed by atoms with Crippen LogP contribution in [0.3, 0.4) is 0 Å². The number of nitrogens with two attached hydrogens (primary N) is 2. The van der Waals surface area contributed by atoms with Crippen LogP contribution in [0.15, 0.2) is 64.3 Å². The first-order chi connectivity index (χ1) is 31.3. The zero-order chi connectivity index (χ0) is 48.2. The summed E-state index contributed by atoms with van der Waals surface area (Å²) in [6.45, 7) is 2.60. The highest BCUT2D eigenvalue weighted by atomic mass is 16.4. The number of anilines is 6. The summed E-state index contributed by atoms with van der Waals surface area (Å²) in [5.74, 6) is -6.68. The summed E-state index contributed by atoms with van der Waals surface area (Å²) >= 11 is 0. The first-order valence-corrected chi connectivity index (χ1v) is 19.9. The van der Waals surface area contributed by atoms with Crippen molar-refractivity contribution in [3.63, 3.8) is 0 Å². The molecule has 0 fully saturated rings. The molecular formula is C40H46N14O12. The van der Waals surface area contributed by atoms with Gasteiger partial charge in [-0.25, -0.2) is 19.6 Å². The van der Waals surface area contributed by atoms with Gasteiger partial charge in [-0.15, -0.1) is 0 Å². The Morgan fingerprint density at radius 2 is 1.33 bits per heavy atom. The maximum Gasteiger partial charge on any atom is 0.326 e. The lowest BCUT2D eigenvalue weighted by Crippen LogP contribution is -2.48. The van der Waals surface area contributed by atoms with Gasteiger partial charge >= 0.3 is 23.9 Å². The lowest BCUT2D eigenvalue weighted by molar-refractivity contribution is -0.144. The van der Waals surface area contributed by atoms with E-state index in [2.05, 4.69) is 56.5 Å². The Kier molecular flexibility index (Phi) is 15.7. The van der Waals surface area contributed by atoms with Crippen LogP contribution in [0.1, 0.15) is 52.6 Å². The van der Waals surface area contributed by atoms with Gasteiger partial charge in [-0.1, -0.05) is 6.92 Å². The third-order valence-electron chi connectivity index (χ3n) is 9.98. The third-order valence-corrected chi connectivity index (χ3v) is 9.98. The van der Waals surface area contributed by atoms with E-state index in [1.54, 1.807) is 31.3 Å². The molecule has 348 valence electrons. The number of nitrogen functional groups attached to an aromatic ring is 2. The number of amides is 2. The second-order valence-electron chi connectivity index (χ2n) is 14.8. The molecule has 0 aliphatic carbocycles. The summed E-state index contributed by atoms with van der Waals surface area (Å²) in [6, 6.07) is 9.88. The number of carboxylic acids is 4. The number of hydrogen-bond acceptors (Lipinski definition) is 18. The van der Waals surface area contributed by atoms with Crippen LogP contribution < -0.4 is 54.1 Å². The van der Waals surface area contributed by atoms with Crippen LogP contribution in [0.4, 0.5) is 34.8 Å². The number of benzene rings is 2. The zero-order valence-corrected chi connectivity index (χ0v) is 35.2. The zero-order valence-electron chi connectivity index (χ0n) is 35.2. The number of aromatic nitrogens is 6. The summed E-state index contributed by atoms with van der Waals surface area (Å²) in [7, 11) is 1.79. The molecule has 4 atom stereocenters. The molecule has 0 bridgehead atoms. The second kappa shape index (κ2) is 21.5. The minimum atomic E-state index is -1.33. The largest absolute Gasteiger partial charge is 0.481 e. The highest BCUT2D eigenvalue weighted by Crippen LogP contribution is 2.25. The molecule has 2 amide bonds. The van der Waals surface area contributed by atoms with Gasteiger partial charge in [0.1, 0.15) is 17.8 Å². The van der Waals surface area contributed by atoms with Crippen molar-refractivity contribution in [3.8, 4) is 0 Å². The van der Waals surface area contributed by atoms with E-state index in [1.165, 1.54) is 37.4 Å². The fraction of sp³-hybridized carbons (Fsp3) is 0.300. The van der Waals surface area contributed by atoms with E-state index in [-0.39, 0.29) is 71.6 Å². The topological polar surface area (TPSA) is 416 Å². The van der Waals surface area contributed by atoms with Crippen molar-refractivity contribution in [2.75, 3.05) is 52.5 Å². The molecule has 15 N–H and O–H groups in total. The predicted molar refractivity (Wildman–Crippen MR) is 237 cm³/mol. The molecular weight excluding hydrogens is 869 g/mol. The lowest BCUT2D eigenvalue weighted by Gasteiger charge is -2.35. The second-order valence-corrected chi connectivity index (χ2v) is 14.8. The average molecular weight is 915 g/mol. The van der Waals surface area contributed by atoms with Crippen molar-refractivity contribution in [1.82, 2.24) is 40.5 Å². The van der Waals surface area contributed by atoms with Gasteiger partial charge in [0, 0.05) is 49.1 Å². The molecule has 66 heavy (non-hydrogen) atoms. The SMILES string of the molecule is CC(C[C@H](NC(=O)c1ccc(NCc2cnc3nc(N)[nH]c(=O)c3n2)cc1)C(=O)O)C(=O)O.CN1c2c(nc(N)[nH]c2=O)NCC1CNc1ccc(C(=O)N[C@@H](CCC(=O)O)C(=O)O)cc1. The Labute approximate surface area is 372 Å². The number of H-pyrrole nitrogens is 2. The van der Waals surface area contributed by atoms with Gasteiger partial charge in [0.05, 0.1) is 30.4 Å². The molecule has 4 heterocycles. The lowest BCUT2D eigenvalue weighted by atomic mass is 10.0. The average Bonchev–Trinajstić information content (AvgIpc) is 3.26. The van der Waals surface area contributed by atoms with Crippen LogP contribution in [-0.2, 0) is 25.7 Å². The third kappa shape index (κ3) is 12.9. The van der Waals surface area contributed by atoms with Crippen molar-refractivity contribution >= 4 is 81.6 Å². The Bertz CT molecular complexity index is 2730. The summed E-state index contributed by atoms with van der Waals surface area (Å²) in [6.07, 6.45) is 0.623. The van der Waals surface area contributed by atoms with Crippen LogP contribution in [0.2, 0.25) is 0 Å². The maximum absolute atomic E-state index is 12.4. The van der Waals surface area contributed by atoms with Crippen molar-refractivity contribution in [2.45, 2.75) is 50.9 Å². The van der Waals surface area contributed by atoms with E-state index in [4.69, 9.17) is 21.7 Å². The minimum absolute atomic E-state index is 0.0388. The maximum atomic E-state index is 12.4. The molecule has 1 aliphatic rings. The predicted octanol–water partition coefficient (Wildman–Crippen LogP) is -0.0565. The molecule has 3 aromatic heterocycles. The van der Waals surface area contributed by atoms with Gasteiger partial charge in [-0.05, 0) is 61.4 Å². The Hall–Kier alpha value is -8.84. The van der Waals surface area contributed by atoms with E-state index in [9.17, 15) is 48.6 Å². The molecule has 1 aliphatic heterocycles. The van der Waals surface area contributed by atoms with E-state index in [1.807, 2.05) is 4.90 Å². The molecule has 0 radical (unpaired) electrons. The molecule has 0 spiro atoms. The normalized spacial score (nSPS) is 14.2. The Morgan fingerprint density at radius 1 is 0.773 bits per heavy atom. The summed E-state index contributed by atoms with van der Waals surface area (Å²) in [5, 5.41) is 50.2. The number of aromatic amines is 2. The smallest absolute Gasteiger partial charge is 0.326 e. The Morgan fingerprint density at radius 3 is 1.91 bits per heavy atom. The van der Waals surface area contributed by atoms with Crippen molar-refractivity contribution in [3.05, 3.63) is 92.3 Å². The number of rotatable bonds is 18. The highest BCUT2D eigenvalue weighted by Gasteiger charge is 2.28. The fourth-order valence-electron chi connectivity index (χ4n) is 6.33. The van der Waals surface area contributed by atoms with Crippen molar-refractivity contribution in [2.24, 2.45) is 5.92 Å². The number of hydrogen-bond donors (Lipinski definition) is 13. The van der Waals surface area contributed by atoms with Crippen LogP contribution in [-0.4, -0.2) is 124 Å². The minimum Gasteiger partial charge on any atom is -0.481 e. The number of nitrogens with one attached hydrogen (secondary N) is 7. The van der Waals surface area contributed by atoms with Crippen LogP contribution in [0, 0.1) is 5.92 Å². The van der Waals surface area contributed by atoms with Gasteiger partial charge < -0.3 is 63.4 Å². The molecule has 0 saturated carbocycles. The van der Waals surface area contributed by atoms with Crippen molar-refractivity contribution < 1.29 is 49.2 Å². The van der Waals surface area contributed by atoms with Crippen molar-refractivity contribution in [1.29, 1.82) is 0 Å². The van der Waals surface area contributed by atoms with Gasteiger partial charge in [-0.2, -0.15) is 9.97 Å². The molecule has 6 rings (SSSR count). The molecule has 2 aromatic carbocycles. The van der Waals surface area contributed by atoms with Crippen LogP contribution in [0.25, 0.3) is 11.2 Å². The van der Waals surface area contributed by atoms with Gasteiger partial charge in [0.15, 0.2) is 17.0 Å². The number of fused-ring (bicyclic) bond motifs is 2. The van der Waals surface area contributed by atoms with E-state index in [0.717, 1.165) is 5.69 Å². The number of likely N-dealkylation sites (N-methyl/N-ethyl adjacent to an activating group) is 1. The Balaban J connectivity index is 0.000000247. The summed E-state index contributed by atoms with van der Waals surface area (Å²) in [5.41, 5.74) is 13.1. The molecule has 0 saturated heterocycles. The standard InChI is InChI=1S/C20H21N7O6.C20H25N7O6/c1-9(18(30)31)6-13(19(32)33)25-16(28)10-2-4-11(5-3-10)22-7-12-8-23-15-14(24-12)17(29)27-20(21)26-15;1-27-12(9-23-16-15(27)18(31)26-20(21)25-16)8-22-11-4-2-10(3-5-11)17(30)24-13(19(32)33)6-7-14(28)29/h2-5,8-9,13,22H,6-7H2,1H3,(H,25,28)(H,30,31)(H,32,33)(H3,21,23,26,27,29);2-5,12-13,22H,6-9H2,1H3,(H,24,30)(H,28,29)(H,32,33)(H4,21,23,25,26,31)/t9?,13-;12?,13-/m00/s1. The molecule has 5 aromatic rings. The number of nitrogens with zero attached hydrogens (tertiary/aromatic N) is 5. The summed E-state index contributed by atoms with van der Waals surface area (Å²) < 4.78 is 0. The number of carbonyl (C=O) groups excluding carboxylic acids is 2. The monoisotopic (exact) mass is 914 g/mol. The highest BCUT2D eigenvalue weighted by molar-refractivity contribution is 5.97. The van der Waals surface area contributed by atoms with E-state index < -0.39 is 59.3 Å². The van der Waals surface area contributed by atoms with Gasteiger partial charge in [-0.3, -0.25) is 38.7 Å². The molecule has 26 nitrogen and oxygen atoms in total. The quantitative estimate of drug-likeness (QED) is 0.0548. The summed E-state index contributed by atoms with van der Waals surface area (Å²) in [4.78, 5) is 116. The molecule has 26 heteroatoms. The van der Waals surface area contributed by atoms with Gasteiger partial charge in [0.25, 0.3) is 22.9 Å². The first-order valence-electron chi connectivity index (χ1n) is 19.9. The number of carbonyl (C=O) groups is 6. The molecule has 2 unspecified atom stereocenters.